The van der Waals surface area contributed by atoms with Gasteiger partial charge in [-0.2, -0.15) is 11.8 Å². The molecule has 1 amide bonds. The number of morpholine rings is 1. The van der Waals surface area contributed by atoms with Crippen molar-refractivity contribution in [2.75, 3.05) is 37.8 Å². The first-order valence-corrected chi connectivity index (χ1v) is 13.4. The molecule has 1 aromatic rings. The zero-order valence-electron chi connectivity index (χ0n) is 19.6. The first-order chi connectivity index (χ1) is 16.0. The summed E-state index contributed by atoms with van der Waals surface area (Å²) in [5, 5.41) is 21.1. The molecule has 2 N–H and O–H groups in total. The molecule has 0 spiro atoms. The van der Waals surface area contributed by atoms with Crippen LogP contribution in [0.2, 0.25) is 0 Å². The second-order valence-corrected chi connectivity index (χ2v) is 10.8. The van der Waals surface area contributed by atoms with Crippen LogP contribution in [0.4, 0.5) is 0 Å². The number of aryl methyl sites for hydroxylation is 1. The molecule has 0 bridgehead atoms. The normalized spacial score (nSPS) is 28.2. The Bertz CT molecular complexity index is 863. The zero-order valence-corrected chi connectivity index (χ0v) is 20.4. The standard InChI is InChI=1S/C27H37NO4S/c1-19-3-2-4-20(13-19)15-23(29)5-6-24-25-16-21(14-22(25)17-26(24)30)7-12-33-18-27(31)28-8-10-32-11-9-28/h2-6,13-14,22-26,29-30H,7-12,15-18H2,1H3/t22-,23-,24+,25-,26+/m0/s1. The van der Waals surface area contributed by atoms with Gasteiger partial charge < -0.3 is 19.8 Å². The van der Waals surface area contributed by atoms with Crippen molar-refractivity contribution >= 4 is 17.7 Å². The number of nitrogens with zero attached hydrogens (tertiary/aromatic N) is 1. The number of carbonyl (C=O) groups is 1. The van der Waals surface area contributed by atoms with Crippen molar-refractivity contribution in [1.29, 1.82) is 0 Å². The number of amides is 1. The highest BCUT2D eigenvalue weighted by Crippen LogP contribution is 2.48. The Morgan fingerprint density at radius 2 is 2.15 bits per heavy atom. The number of benzene rings is 1. The summed E-state index contributed by atoms with van der Waals surface area (Å²) in [6.45, 7) is 4.79. The molecule has 1 aromatic carbocycles. The van der Waals surface area contributed by atoms with E-state index in [4.69, 9.17) is 4.74 Å². The van der Waals surface area contributed by atoms with Crippen molar-refractivity contribution in [1.82, 2.24) is 4.90 Å². The number of aliphatic hydroxyl groups excluding tert-OH is 2. The minimum atomic E-state index is -0.535. The molecule has 1 saturated heterocycles. The lowest BCUT2D eigenvalue weighted by Crippen LogP contribution is -2.41. The Balaban J connectivity index is 1.21. The molecule has 1 saturated carbocycles. The van der Waals surface area contributed by atoms with Gasteiger partial charge in [0, 0.05) is 25.4 Å². The van der Waals surface area contributed by atoms with Crippen LogP contribution in [-0.4, -0.2) is 71.0 Å². The maximum Gasteiger partial charge on any atom is 0.232 e. The van der Waals surface area contributed by atoms with Crippen molar-refractivity contribution in [3.63, 3.8) is 0 Å². The van der Waals surface area contributed by atoms with Gasteiger partial charge >= 0.3 is 0 Å². The smallest absolute Gasteiger partial charge is 0.232 e. The van der Waals surface area contributed by atoms with Gasteiger partial charge in [-0.05, 0) is 49.3 Å². The predicted octanol–water partition coefficient (Wildman–Crippen LogP) is 3.38. The fraction of sp³-hybridized carbons (Fsp3) is 0.593. The highest BCUT2D eigenvalue weighted by Gasteiger charge is 2.43. The topological polar surface area (TPSA) is 70.0 Å². The van der Waals surface area contributed by atoms with E-state index >= 15 is 0 Å². The van der Waals surface area contributed by atoms with Crippen LogP contribution in [0.3, 0.4) is 0 Å². The lowest BCUT2D eigenvalue weighted by molar-refractivity contribution is -0.132. The molecule has 180 valence electrons. The third-order valence-corrected chi connectivity index (χ3v) is 8.13. The molecule has 2 aliphatic carbocycles. The van der Waals surface area contributed by atoms with E-state index in [1.54, 1.807) is 11.8 Å². The summed E-state index contributed by atoms with van der Waals surface area (Å²) in [5.41, 5.74) is 3.79. The molecular formula is C27H37NO4S. The molecule has 0 unspecified atom stereocenters. The first kappa shape index (κ1) is 24.5. The van der Waals surface area contributed by atoms with E-state index in [2.05, 4.69) is 31.2 Å². The van der Waals surface area contributed by atoms with Gasteiger partial charge in [-0.25, -0.2) is 0 Å². The van der Waals surface area contributed by atoms with Crippen molar-refractivity contribution in [2.45, 2.75) is 44.8 Å². The summed E-state index contributed by atoms with van der Waals surface area (Å²) in [7, 11) is 0. The maximum absolute atomic E-state index is 12.3. The highest BCUT2D eigenvalue weighted by atomic mass is 32.2. The molecule has 4 rings (SSSR count). The average molecular weight is 472 g/mol. The molecule has 3 aliphatic rings. The van der Waals surface area contributed by atoms with Crippen LogP contribution in [0, 0.1) is 24.7 Å². The van der Waals surface area contributed by atoms with Crippen LogP contribution in [0.1, 0.15) is 30.4 Å². The minimum Gasteiger partial charge on any atom is -0.392 e. The number of aliphatic hydroxyl groups is 2. The lowest BCUT2D eigenvalue weighted by Gasteiger charge is -2.26. The van der Waals surface area contributed by atoms with Crippen molar-refractivity contribution in [2.24, 2.45) is 17.8 Å². The molecule has 33 heavy (non-hydrogen) atoms. The Morgan fingerprint density at radius 3 is 2.94 bits per heavy atom. The number of fused-ring (bicyclic) bond motifs is 1. The zero-order chi connectivity index (χ0) is 23.2. The highest BCUT2D eigenvalue weighted by molar-refractivity contribution is 7.99. The number of thioether (sulfide) groups is 1. The summed E-state index contributed by atoms with van der Waals surface area (Å²) < 4.78 is 5.31. The Hall–Kier alpha value is -1.60. The van der Waals surface area contributed by atoms with E-state index in [1.807, 2.05) is 23.1 Å². The molecule has 1 aliphatic heterocycles. The van der Waals surface area contributed by atoms with E-state index in [1.165, 1.54) is 11.1 Å². The molecule has 0 radical (unpaired) electrons. The lowest BCUT2D eigenvalue weighted by atomic mass is 9.88. The molecule has 0 aromatic heterocycles. The van der Waals surface area contributed by atoms with E-state index in [0.717, 1.165) is 30.6 Å². The van der Waals surface area contributed by atoms with Crippen LogP contribution >= 0.6 is 11.8 Å². The molecule has 5 nitrogen and oxygen atoms in total. The second-order valence-electron chi connectivity index (χ2n) is 9.68. The fourth-order valence-electron chi connectivity index (χ4n) is 5.46. The Labute approximate surface area is 201 Å². The monoisotopic (exact) mass is 471 g/mol. The fourth-order valence-corrected chi connectivity index (χ4v) is 6.37. The van der Waals surface area contributed by atoms with E-state index < -0.39 is 6.10 Å². The summed E-state index contributed by atoms with van der Waals surface area (Å²) in [4.78, 5) is 14.2. The van der Waals surface area contributed by atoms with Crippen molar-refractivity contribution < 1.29 is 19.7 Å². The van der Waals surface area contributed by atoms with Gasteiger partial charge in [0.1, 0.15) is 0 Å². The maximum atomic E-state index is 12.3. The molecule has 5 atom stereocenters. The number of allylic oxidation sites excluding steroid dienone is 2. The van der Waals surface area contributed by atoms with Crippen LogP contribution in [-0.2, 0) is 16.0 Å². The number of hydrogen-bond donors (Lipinski definition) is 2. The van der Waals surface area contributed by atoms with Gasteiger partial charge in [0.2, 0.25) is 5.91 Å². The third-order valence-electron chi connectivity index (χ3n) is 7.19. The molecular weight excluding hydrogens is 434 g/mol. The van der Waals surface area contributed by atoms with Gasteiger partial charge in [-0.15, -0.1) is 0 Å². The van der Waals surface area contributed by atoms with Crippen LogP contribution in [0.5, 0.6) is 0 Å². The Morgan fingerprint density at radius 1 is 1.33 bits per heavy atom. The molecule has 1 heterocycles. The summed E-state index contributed by atoms with van der Waals surface area (Å²) in [6.07, 6.45) is 8.87. The van der Waals surface area contributed by atoms with Crippen LogP contribution in [0.15, 0.2) is 48.1 Å². The SMILES string of the molecule is Cc1cccc(C[C@@H](O)C=C[C@@H]2[C@H]3CC(CCSCC(=O)N4CCOCC4)=C[C@H]3C[C@H]2O)c1. The second kappa shape index (κ2) is 11.7. The van der Waals surface area contributed by atoms with Crippen LogP contribution in [0.25, 0.3) is 0 Å². The Kier molecular flexibility index (Phi) is 8.69. The molecule has 6 heteroatoms. The summed E-state index contributed by atoms with van der Waals surface area (Å²) in [5.74, 6) is 2.68. The quantitative estimate of drug-likeness (QED) is 0.427. The number of hydrogen-bond acceptors (Lipinski definition) is 5. The van der Waals surface area contributed by atoms with E-state index in [0.29, 0.717) is 50.3 Å². The minimum absolute atomic E-state index is 0.103. The molecule has 2 fully saturated rings. The van der Waals surface area contributed by atoms with E-state index in [9.17, 15) is 15.0 Å². The largest absolute Gasteiger partial charge is 0.392 e. The van der Waals surface area contributed by atoms with Gasteiger partial charge in [0.25, 0.3) is 0 Å². The summed E-state index contributed by atoms with van der Waals surface area (Å²) >= 11 is 1.72. The van der Waals surface area contributed by atoms with Crippen molar-refractivity contribution in [3.05, 3.63) is 59.2 Å². The first-order valence-electron chi connectivity index (χ1n) is 12.2. The van der Waals surface area contributed by atoms with Gasteiger partial charge in [0.15, 0.2) is 0 Å². The van der Waals surface area contributed by atoms with Crippen LogP contribution < -0.4 is 0 Å². The summed E-state index contributed by atoms with van der Waals surface area (Å²) in [6, 6.07) is 8.24. The van der Waals surface area contributed by atoms with Crippen molar-refractivity contribution in [3.8, 4) is 0 Å². The van der Waals surface area contributed by atoms with Gasteiger partial charge in [-0.3, -0.25) is 4.79 Å². The third kappa shape index (κ3) is 6.72. The van der Waals surface area contributed by atoms with Gasteiger partial charge in [0.05, 0.1) is 31.2 Å². The number of ether oxygens (including phenoxy) is 1. The van der Waals surface area contributed by atoms with Gasteiger partial charge in [-0.1, -0.05) is 53.6 Å². The number of rotatable bonds is 9. The predicted molar refractivity (Wildman–Crippen MR) is 133 cm³/mol. The average Bonchev–Trinajstić information content (AvgIpc) is 3.32. The number of carbonyl (C=O) groups excluding carboxylic acids is 1. The van der Waals surface area contributed by atoms with E-state index in [-0.39, 0.29) is 17.9 Å².